The molecule has 0 spiro atoms. The fourth-order valence-electron chi connectivity index (χ4n) is 4.62. The Hall–Kier alpha value is -3.02. The molecule has 0 unspecified atom stereocenters. The van der Waals surface area contributed by atoms with E-state index in [0.29, 0.717) is 22.3 Å². The molecule has 14 nitrogen and oxygen atoms in total. The Bertz CT molecular complexity index is 1310. The average molecular weight is 567 g/mol. The molecule has 0 bridgehead atoms. The number of aromatic hydroxyl groups is 1. The SMILES string of the molecule is OC[C@H]1O[C@@H](Oc2ccc3cc(-c4cc(O)cc(O[C@@H]5O[C@H](CO)[C@@H](O)[C@H](O)[C@H]5O)c4)oc3c2)[C@@H](O)[C@@H](O)[C@H]1O. The van der Waals surface area contributed by atoms with Crippen molar-refractivity contribution in [2.45, 2.75) is 61.4 Å². The Morgan fingerprint density at radius 2 is 1.20 bits per heavy atom. The number of rotatable bonds is 7. The highest BCUT2D eigenvalue weighted by atomic mass is 16.7. The number of hydrogen-bond donors (Lipinski definition) is 9. The van der Waals surface area contributed by atoms with E-state index in [1.165, 1.54) is 24.3 Å². The van der Waals surface area contributed by atoms with Gasteiger partial charge in [0.05, 0.1) is 13.2 Å². The van der Waals surface area contributed by atoms with Crippen LogP contribution >= 0.6 is 0 Å². The molecule has 0 aliphatic carbocycles. The lowest BCUT2D eigenvalue weighted by atomic mass is 9.99. The lowest BCUT2D eigenvalue weighted by Crippen LogP contribution is -2.60. The van der Waals surface area contributed by atoms with Gasteiger partial charge in [0, 0.05) is 23.1 Å². The Balaban J connectivity index is 1.35. The number of ether oxygens (including phenoxy) is 4. The Kier molecular flexibility index (Phi) is 8.17. The number of fused-ring (bicyclic) bond motifs is 1. The summed E-state index contributed by atoms with van der Waals surface area (Å²) in [7, 11) is 0. The highest BCUT2D eigenvalue weighted by Crippen LogP contribution is 2.36. The van der Waals surface area contributed by atoms with E-state index in [0.717, 1.165) is 0 Å². The predicted molar refractivity (Wildman–Crippen MR) is 132 cm³/mol. The lowest BCUT2D eigenvalue weighted by Gasteiger charge is -2.39. The molecule has 40 heavy (non-hydrogen) atoms. The Labute approximate surface area is 226 Å². The van der Waals surface area contributed by atoms with Gasteiger partial charge in [-0.15, -0.1) is 0 Å². The molecule has 2 aromatic carbocycles. The van der Waals surface area contributed by atoms with E-state index >= 15 is 0 Å². The monoisotopic (exact) mass is 566 g/mol. The summed E-state index contributed by atoms with van der Waals surface area (Å²) in [4.78, 5) is 0. The molecule has 2 fully saturated rings. The third-order valence-corrected chi connectivity index (χ3v) is 6.87. The van der Waals surface area contributed by atoms with Gasteiger partial charge < -0.3 is 69.3 Å². The largest absolute Gasteiger partial charge is 0.508 e. The first-order valence-corrected chi connectivity index (χ1v) is 12.4. The van der Waals surface area contributed by atoms with Crippen molar-refractivity contribution in [1.29, 1.82) is 0 Å². The number of aliphatic hydroxyl groups is 8. The van der Waals surface area contributed by atoms with E-state index in [1.807, 2.05) is 0 Å². The van der Waals surface area contributed by atoms with Crippen LogP contribution in [0.3, 0.4) is 0 Å². The normalized spacial score (nSPS) is 34.6. The zero-order valence-electron chi connectivity index (χ0n) is 20.8. The van der Waals surface area contributed by atoms with Crippen molar-refractivity contribution < 1.29 is 69.3 Å². The average Bonchev–Trinajstić information content (AvgIpc) is 3.37. The molecule has 1 aromatic heterocycles. The molecular weight excluding hydrogens is 536 g/mol. The third kappa shape index (κ3) is 5.46. The Morgan fingerprint density at radius 3 is 1.77 bits per heavy atom. The molecule has 218 valence electrons. The van der Waals surface area contributed by atoms with E-state index in [9.17, 15) is 46.0 Å². The predicted octanol–water partition coefficient (Wildman–Crippen LogP) is -1.84. The van der Waals surface area contributed by atoms with Crippen molar-refractivity contribution in [1.82, 2.24) is 0 Å². The number of phenolic OH excluding ortho intramolecular Hbond substituents is 1. The molecule has 14 heteroatoms. The first-order valence-electron chi connectivity index (χ1n) is 12.4. The van der Waals surface area contributed by atoms with Crippen molar-refractivity contribution >= 4 is 11.0 Å². The van der Waals surface area contributed by atoms with Crippen LogP contribution in [0.1, 0.15) is 0 Å². The summed E-state index contributed by atoms with van der Waals surface area (Å²) in [6.45, 7) is -1.23. The summed E-state index contributed by atoms with van der Waals surface area (Å²) < 4.78 is 27.9. The zero-order valence-corrected chi connectivity index (χ0v) is 20.8. The number of aliphatic hydroxyl groups excluding tert-OH is 8. The lowest BCUT2D eigenvalue weighted by molar-refractivity contribution is -0.277. The first-order chi connectivity index (χ1) is 19.1. The van der Waals surface area contributed by atoms with E-state index in [2.05, 4.69) is 0 Å². The molecule has 2 aliphatic heterocycles. The standard InChI is InChI=1S/C26H30O14/c27-8-17-19(30)21(32)23(34)25(39-17)36-13-2-1-10-5-15(38-16(10)7-13)11-3-12(29)6-14(4-11)37-26-24(35)22(33)20(31)18(9-28)40-26/h1-7,17-35H,8-9H2/t17-,18-,19+,20-,21+,22+,23+,24-,25-,26-/m1/s1. The number of furan rings is 1. The van der Waals surface area contributed by atoms with Gasteiger partial charge in [0.25, 0.3) is 0 Å². The van der Waals surface area contributed by atoms with Gasteiger partial charge in [-0.05, 0) is 30.3 Å². The smallest absolute Gasteiger partial charge is 0.229 e. The van der Waals surface area contributed by atoms with E-state index in [4.69, 9.17) is 23.4 Å². The van der Waals surface area contributed by atoms with Crippen LogP contribution in [0.5, 0.6) is 17.2 Å². The summed E-state index contributed by atoms with van der Waals surface area (Å²) in [6.07, 6.45) is -14.7. The highest BCUT2D eigenvalue weighted by Gasteiger charge is 2.45. The first kappa shape index (κ1) is 28.5. The van der Waals surface area contributed by atoms with Crippen molar-refractivity contribution in [3.8, 4) is 28.6 Å². The van der Waals surface area contributed by atoms with Crippen molar-refractivity contribution in [2.75, 3.05) is 13.2 Å². The van der Waals surface area contributed by atoms with E-state index in [-0.39, 0.29) is 17.2 Å². The van der Waals surface area contributed by atoms with Gasteiger partial charge in [0.2, 0.25) is 12.6 Å². The van der Waals surface area contributed by atoms with Gasteiger partial charge in [-0.1, -0.05) is 0 Å². The van der Waals surface area contributed by atoms with Gasteiger partial charge in [0.1, 0.15) is 77.4 Å². The van der Waals surface area contributed by atoms with Crippen LogP contribution in [0.25, 0.3) is 22.3 Å². The zero-order chi connectivity index (χ0) is 28.7. The minimum Gasteiger partial charge on any atom is -0.508 e. The molecule has 10 atom stereocenters. The van der Waals surface area contributed by atoms with Crippen LogP contribution in [0.2, 0.25) is 0 Å². The summed E-state index contributed by atoms with van der Waals surface area (Å²) in [5, 5.41) is 90.0. The molecule has 5 rings (SSSR count). The molecular formula is C26H30O14. The van der Waals surface area contributed by atoms with Crippen LogP contribution in [0.15, 0.2) is 46.9 Å². The van der Waals surface area contributed by atoms with Gasteiger partial charge >= 0.3 is 0 Å². The third-order valence-electron chi connectivity index (χ3n) is 6.87. The fraction of sp³-hybridized carbons (Fsp3) is 0.462. The molecule has 2 saturated heterocycles. The number of phenols is 1. The maximum atomic E-state index is 10.3. The number of benzene rings is 2. The molecule has 0 saturated carbocycles. The maximum absolute atomic E-state index is 10.3. The summed E-state index contributed by atoms with van der Waals surface area (Å²) in [5.74, 6) is 0.311. The summed E-state index contributed by atoms with van der Waals surface area (Å²) >= 11 is 0. The van der Waals surface area contributed by atoms with Gasteiger partial charge in [-0.3, -0.25) is 0 Å². The van der Waals surface area contributed by atoms with Crippen LogP contribution < -0.4 is 9.47 Å². The molecule has 2 aliphatic rings. The molecule has 9 N–H and O–H groups in total. The van der Waals surface area contributed by atoms with Crippen LogP contribution in [0.4, 0.5) is 0 Å². The quantitative estimate of drug-likeness (QED) is 0.153. The van der Waals surface area contributed by atoms with Crippen LogP contribution in [-0.2, 0) is 9.47 Å². The van der Waals surface area contributed by atoms with Gasteiger partial charge in [-0.2, -0.15) is 0 Å². The van der Waals surface area contributed by atoms with Crippen LogP contribution in [-0.4, -0.2) is 121 Å². The summed E-state index contributed by atoms with van der Waals surface area (Å²) in [5.41, 5.74) is 0.712. The van der Waals surface area contributed by atoms with E-state index < -0.39 is 74.6 Å². The second kappa shape index (κ2) is 11.5. The molecule has 3 heterocycles. The van der Waals surface area contributed by atoms with Crippen molar-refractivity contribution in [2.24, 2.45) is 0 Å². The second-order valence-corrected chi connectivity index (χ2v) is 9.66. The molecule has 3 aromatic rings. The Morgan fingerprint density at radius 1 is 0.625 bits per heavy atom. The van der Waals surface area contributed by atoms with Gasteiger partial charge in [0.15, 0.2) is 0 Å². The molecule has 0 amide bonds. The van der Waals surface area contributed by atoms with E-state index in [1.54, 1.807) is 18.2 Å². The second-order valence-electron chi connectivity index (χ2n) is 9.66. The molecule has 0 radical (unpaired) electrons. The van der Waals surface area contributed by atoms with Crippen molar-refractivity contribution in [3.05, 3.63) is 42.5 Å². The minimum absolute atomic E-state index is 0.0337. The highest BCUT2D eigenvalue weighted by molar-refractivity contribution is 5.84. The van der Waals surface area contributed by atoms with Crippen LogP contribution in [0, 0.1) is 0 Å². The maximum Gasteiger partial charge on any atom is 0.229 e. The van der Waals surface area contributed by atoms with Gasteiger partial charge in [-0.25, -0.2) is 0 Å². The minimum atomic E-state index is -1.64. The fourth-order valence-corrected chi connectivity index (χ4v) is 4.62. The number of hydrogen-bond acceptors (Lipinski definition) is 14. The summed E-state index contributed by atoms with van der Waals surface area (Å²) in [6, 6.07) is 10.5. The van der Waals surface area contributed by atoms with Crippen molar-refractivity contribution in [3.63, 3.8) is 0 Å². The topological polar surface area (TPSA) is 232 Å².